The number of ether oxygens (including phenoxy) is 1. The zero-order valence-electron chi connectivity index (χ0n) is 19.9. The number of hydrogen-bond acceptors (Lipinski definition) is 2. The average molecular weight is 400 g/mol. The molecule has 0 N–H and O–H groups in total. The number of amides is 1. The van der Waals surface area contributed by atoms with E-state index in [2.05, 4.69) is 39.8 Å². The summed E-state index contributed by atoms with van der Waals surface area (Å²) in [7, 11) is 0. The molecular weight excluding hydrogens is 358 g/mol. The number of nitrogens with zero attached hydrogens (tertiary/aromatic N) is 1. The highest BCUT2D eigenvalue weighted by atomic mass is 16.6. The second kappa shape index (κ2) is 7.96. The molecular formula is C26H41NO2. The van der Waals surface area contributed by atoms with Crippen molar-refractivity contribution in [3.63, 3.8) is 0 Å². The van der Waals surface area contributed by atoms with Crippen LogP contribution in [-0.2, 0) is 18.3 Å². The summed E-state index contributed by atoms with van der Waals surface area (Å²) in [4.78, 5) is 14.8. The average Bonchev–Trinajstić information content (AvgIpc) is 2.60. The third-order valence-corrected chi connectivity index (χ3v) is 7.74. The normalized spacial score (nSPS) is 25.5. The van der Waals surface area contributed by atoms with E-state index in [9.17, 15) is 4.79 Å². The van der Waals surface area contributed by atoms with Crippen molar-refractivity contribution < 1.29 is 9.53 Å². The fourth-order valence-corrected chi connectivity index (χ4v) is 6.40. The van der Waals surface area contributed by atoms with Crippen LogP contribution in [0.2, 0.25) is 0 Å². The maximum absolute atomic E-state index is 13.0. The SMILES string of the molecule is CCc1cc2c(cc1OC(=O)N(C(C)C)C(C)C)[C@@]1(C)CCCC(C)(C)[C@@H]1CC2. The molecule has 1 aromatic rings. The van der Waals surface area contributed by atoms with E-state index in [1.165, 1.54) is 36.8 Å². The van der Waals surface area contributed by atoms with Gasteiger partial charge in [0.2, 0.25) is 0 Å². The number of rotatable bonds is 4. The highest BCUT2D eigenvalue weighted by Gasteiger charge is 2.49. The van der Waals surface area contributed by atoms with Crippen molar-refractivity contribution in [2.45, 2.75) is 111 Å². The van der Waals surface area contributed by atoms with Crippen molar-refractivity contribution in [2.24, 2.45) is 11.3 Å². The highest BCUT2D eigenvalue weighted by Crippen LogP contribution is 2.57. The minimum Gasteiger partial charge on any atom is -0.410 e. The van der Waals surface area contributed by atoms with Gasteiger partial charge in [-0.05, 0) is 99.3 Å². The Labute approximate surface area is 178 Å². The van der Waals surface area contributed by atoms with Crippen LogP contribution in [0.3, 0.4) is 0 Å². The maximum atomic E-state index is 13.0. The van der Waals surface area contributed by atoms with Crippen LogP contribution >= 0.6 is 0 Å². The molecule has 3 rings (SSSR count). The van der Waals surface area contributed by atoms with Crippen molar-refractivity contribution in [2.75, 3.05) is 0 Å². The Morgan fingerprint density at radius 2 is 1.79 bits per heavy atom. The Balaban J connectivity index is 2.01. The number of aryl methyl sites for hydroxylation is 2. The first kappa shape index (κ1) is 22.2. The van der Waals surface area contributed by atoms with E-state index < -0.39 is 0 Å². The van der Waals surface area contributed by atoms with E-state index in [1.807, 2.05) is 32.6 Å². The molecule has 0 spiro atoms. The Morgan fingerprint density at radius 1 is 1.14 bits per heavy atom. The Kier molecular flexibility index (Phi) is 6.09. The molecule has 0 saturated heterocycles. The van der Waals surface area contributed by atoms with Crippen molar-refractivity contribution in [3.05, 3.63) is 28.8 Å². The van der Waals surface area contributed by atoms with Gasteiger partial charge in [0, 0.05) is 12.1 Å². The van der Waals surface area contributed by atoms with Gasteiger partial charge in [0.25, 0.3) is 0 Å². The number of carbonyl (C=O) groups is 1. The largest absolute Gasteiger partial charge is 0.415 e. The molecule has 3 nitrogen and oxygen atoms in total. The van der Waals surface area contributed by atoms with Crippen LogP contribution in [0.5, 0.6) is 5.75 Å². The van der Waals surface area contributed by atoms with Crippen LogP contribution in [0, 0.1) is 11.3 Å². The van der Waals surface area contributed by atoms with Crippen molar-refractivity contribution >= 4 is 6.09 Å². The number of carbonyl (C=O) groups excluding carboxylic acids is 1. The number of benzene rings is 1. The minimum absolute atomic E-state index is 0.117. The molecule has 0 aliphatic heterocycles. The fraction of sp³-hybridized carbons (Fsp3) is 0.731. The Bertz CT molecular complexity index is 756. The molecule has 0 heterocycles. The summed E-state index contributed by atoms with van der Waals surface area (Å²) in [6.07, 6.45) is 6.89. The molecule has 162 valence electrons. The zero-order valence-corrected chi connectivity index (χ0v) is 19.9. The molecule has 2 atom stereocenters. The van der Waals surface area contributed by atoms with Gasteiger partial charge in [-0.1, -0.05) is 40.2 Å². The van der Waals surface area contributed by atoms with E-state index >= 15 is 0 Å². The quantitative estimate of drug-likeness (QED) is 0.551. The second-order valence-electron chi connectivity index (χ2n) is 10.8. The summed E-state index contributed by atoms with van der Waals surface area (Å²) >= 11 is 0. The maximum Gasteiger partial charge on any atom is 0.415 e. The lowest BCUT2D eigenvalue weighted by Crippen LogP contribution is -2.48. The Morgan fingerprint density at radius 3 is 2.38 bits per heavy atom. The molecule has 1 aromatic carbocycles. The monoisotopic (exact) mass is 399 g/mol. The van der Waals surface area contributed by atoms with Gasteiger partial charge in [-0.15, -0.1) is 0 Å². The standard InChI is InChI=1S/C26H41NO2/c1-9-19-15-20-11-12-23-25(6,7)13-10-14-26(23,8)21(20)16-22(19)29-24(28)27(17(2)3)18(4)5/h15-18,23H,9-14H2,1-8H3/t23-,26+/m0/s1. The predicted octanol–water partition coefficient (Wildman–Crippen LogP) is 6.90. The van der Waals surface area contributed by atoms with Crippen LogP contribution in [0.1, 0.15) is 97.8 Å². The van der Waals surface area contributed by atoms with Gasteiger partial charge in [0.05, 0.1) is 0 Å². The Hall–Kier alpha value is -1.51. The summed E-state index contributed by atoms with van der Waals surface area (Å²) in [6.45, 7) is 17.7. The lowest BCUT2D eigenvalue weighted by atomic mass is 9.50. The molecule has 0 radical (unpaired) electrons. The number of fused-ring (bicyclic) bond motifs is 3. The summed E-state index contributed by atoms with van der Waals surface area (Å²) in [5, 5.41) is 0. The van der Waals surface area contributed by atoms with Gasteiger partial charge in [0.1, 0.15) is 5.75 Å². The van der Waals surface area contributed by atoms with Gasteiger partial charge in [-0.2, -0.15) is 0 Å². The second-order valence-corrected chi connectivity index (χ2v) is 10.8. The van der Waals surface area contributed by atoms with E-state index in [-0.39, 0.29) is 23.6 Å². The summed E-state index contributed by atoms with van der Waals surface area (Å²) in [6, 6.07) is 4.80. The van der Waals surface area contributed by atoms with Crippen LogP contribution < -0.4 is 4.74 Å². The van der Waals surface area contributed by atoms with Gasteiger partial charge in [-0.25, -0.2) is 4.79 Å². The van der Waals surface area contributed by atoms with Gasteiger partial charge in [0.15, 0.2) is 0 Å². The minimum atomic E-state index is -0.230. The molecule has 0 unspecified atom stereocenters. The fourth-order valence-electron chi connectivity index (χ4n) is 6.40. The van der Waals surface area contributed by atoms with E-state index in [1.54, 1.807) is 0 Å². The van der Waals surface area contributed by atoms with Gasteiger partial charge >= 0.3 is 6.09 Å². The lowest BCUT2D eigenvalue weighted by Gasteiger charge is -2.54. The first-order chi connectivity index (χ1) is 13.5. The highest BCUT2D eigenvalue weighted by molar-refractivity contribution is 5.72. The third-order valence-electron chi connectivity index (χ3n) is 7.74. The summed E-state index contributed by atoms with van der Waals surface area (Å²) in [5.74, 6) is 1.46. The van der Waals surface area contributed by atoms with Gasteiger partial charge in [-0.3, -0.25) is 0 Å². The van der Waals surface area contributed by atoms with Crippen LogP contribution in [-0.4, -0.2) is 23.1 Å². The first-order valence-electron chi connectivity index (χ1n) is 11.7. The number of hydrogen-bond donors (Lipinski definition) is 0. The van der Waals surface area contributed by atoms with Crippen molar-refractivity contribution in [3.8, 4) is 5.75 Å². The van der Waals surface area contributed by atoms with Crippen LogP contribution in [0.25, 0.3) is 0 Å². The van der Waals surface area contributed by atoms with Crippen LogP contribution in [0.15, 0.2) is 12.1 Å². The zero-order chi connectivity index (χ0) is 21.6. The summed E-state index contributed by atoms with van der Waals surface area (Å²) in [5.41, 5.74) is 4.61. The van der Waals surface area contributed by atoms with Crippen molar-refractivity contribution in [1.29, 1.82) is 0 Å². The van der Waals surface area contributed by atoms with E-state index in [0.717, 1.165) is 24.2 Å². The molecule has 1 saturated carbocycles. The lowest BCUT2D eigenvalue weighted by molar-refractivity contribution is 0.0405. The van der Waals surface area contributed by atoms with Crippen LogP contribution in [0.4, 0.5) is 4.79 Å². The molecule has 1 amide bonds. The molecule has 0 aromatic heterocycles. The first-order valence-corrected chi connectivity index (χ1v) is 11.7. The van der Waals surface area contributed by atoms with E-state index in [4.69, 9.17) is 4.74 Å². The third kappa shape index (κ3) is 3.94. The smallest absolute Gasteiger partial charge is 0.410 e. The molecule has 2 aliphatic rings. The molecule has 1 fully saturated rings. The molecule has 2 aliphatic carbocycles. The predicted molar refractivity (Wildman–Crippen MR) is 121 cm³/mol. The molecule has 3 heteroatoms. The van der Waals surface area contributed by atoms with Gasteiger partial charge < -0.3 is 9.64 Å². The summed E-state index contributed by atoms with van der Waals surface area (Å²) < 4.78 is 6.05. The molecule has 29 heavy (non-hydrogen) atoms. The van der Waals surface area contributed by atoms with E-state index in [0.29, 0.717) is 11.3 Å². The van der Waals surface area contributed by atoms with Crippen molar-refractivity contribution in [1.82, 2.24) is 4.90 Å². The topological polar surface area (TPSA) is 29.5 Å². The molecule has 0 bridgehead atoms.